The van der Waals surface area contributed by atoms with Crippen molar-refractivity contribution in [3.05, 3.63) is 59.2 Å². The largest absolute Gasteiger partial charge is 0.346 e. The summed E-state index contributed by atoms with van der Waals surface area (Å²) in [5, 5.41) is 2.86. The number of sulfone groups is 1. The topological polar surface area (TPSA) is 101 Å². The van der Waals surface area contributed by atoms with E-state index in [1.165, 1.54) is 19.2 Å². The highest BCUT2D eigenvalue weighted by Crippen LogP contribution is 2.23. The number of amides is 1. The molecule has 2 aromatic carbocycles. The highest BCUT2D eigenvalue weighted by Gasteiger charge is 2.17. The Morgan fingerprint density at radius 2 is 1.57 bits per heavy atom. The maximum absolute atomic E-state index is 12.5. The van der Waals surface area contributed by atoms with Gasteiger partial charge >= 0.3 is 0 Å². The van der Waals surface area contributed by atoms with Crippen LogP contribution in [0, 0.1) is 6.92 Å². The molecule has 0 bridgehead atoms. The van der Waals surface area contributed by atoms with E-state index in [4.69, 9.17) is 0 Å². The van der Waals surface area contributed by atoms with Crippen molar-refractivity contribution < 1.29 is 21.6 Å². The number of rotatable bonds is 6. The molecule has 0 aliphatic heterocycles. The predicted molar refractivity (Wildman–Crippen MR) is 110 cm³/mol. The van der Waals surface area contributed by atoms with Crippen LogP contribution in [-0.4, -0.2) is 42.3 Å². The van der Waals surface area contributed by atoms with E-state index in [-0.39, 0.29) is 16.8 Å². The number of benzene rings is 2. The second kappa shape index (κ2) is 7.92. The lowest BCUT2D eigenvalue weighted by Crippen LogP contribution is -2.28. The summed E-state index contributed by atoms with van der Waals surface area (Å²) in [5.74, 6) is -0.309. The zero-order valence-corrected chi connectivity index (χ0v) is 18.1. The Labute approximate surface area is 166 Å². The van der Waals surface area contributed by atoms with Crippen LogP contribution in [0.2, 0.25) is 0 Å². The minimum atomic E-state index is -3.39. The summed E-state index contributed by atoms with van der Waals surface area (Å²) in [4.78, 5) is 12.8. The average Bonchev–Trinajstić information content (AvgIpc) is 2.59. The Balaban J connectivity index is 2.17. The third-order valence-corrected chi connectivity index (χ3v) is 6.77. The first kappa shape index (κ1) is 21.9. The summed E-state index contributed by atoms with van der Waals surface area (Å²) < 4.78 is 47.6. The highest BCUT2D eigenvalue weighted by atomic mass is 32.2. The van der Waals surface area contributed by atoms with Crippen LogP contribution in [-0.2, 0) is 19.9 Å². The maximum atomic E-state index is 12.5. The van der Waals surface area contributed by atoms with E-state index in [1.807, 2.05) is 0 Å². The third kappa shape index (κ3) is 5.11. The van der Waals surface area contributed by atoms with Crippen molar-refractivity contribution in [3.63, 3.8) is 0 Å². The number of nitrogens with one attached hydrogen (secondary N) is 1. The summed E-state index contributed by atoms with van der Waals surface area (Å²) in [7, 11) is -5.20. The van der Waals surface area contributed by atoms with Gasteiger partial charge in [0.15, 0.2) is 9.84 Å². The van der Waals surface area contributed by atoms with E-state index < -0.39 is 19.9 Å². The zero-order chi connectivity index (χ0) is 21.3. The zero-order valence-electron chi connectivity index (χ0n) is 16.4. The fraction of sp³-hybridized carbons (Fsp3) is 0.316. The fourth-order valence-corrected chi connectivity index (χ4v) is 3.89. The smallest absolute Gasteiger partial charge is 0.251 e. The molecule has 1 atom stereocenters. The Kier molecular flexibility index (Phi) is 6.20. The number of carbonyl (C=O) groups is 1. The van der Waals surface area contributed by atoms with E-state index in [0.29, 0.717) is 16.8 Å². The lowest BCUT2D eigenvalue weighted by molar-refractivity contribution is 0.0939. The number of hydrogen-bond acceptors (Lipinski definition) is 5. The molecule has 0 saturated carbocycles. The van der Waals surface area contributed by atoms with Crippen LogP contribution in [0.3, 0.4) is 0 Å². The second-order valence-corrected chi connectivity index (χ2v) is 10.8. The molecule has 0 spiro atoms. The minimum absolute atomic E-state index is 0.219. The first-order chi connectivity index (χ1) is 12.8. The molecule has 7 nitrogen and oxygen atoms in total. The first-order valence-electron chi connectivity index (χ1n) is 8.46. The second-order valence-electron chi connectivity index (χ2n) is 6.77. The molecule has 0 aliphatic carbocycles. The van der Waals surface area contributed by atoms with Crippen molar-refractivity contribution in [1.29, 1.82) is 0 Å². The fourth-order valence-electron chi connectivity index (χ4n) is 2.70. The van der Waals surface area contributed by atoms with Gasteiger partial charge in [0, 0.05) is 18.9 Å². The van der Waals surface area contributed by atoms with Crippen molar-refractivity contribution >= 4 is 31.5 Å². The Bertz CT molecular complexity index is 1090. The molecule has 0 saturated heterocycles. The summed E-state index contributed by atoms with van der Waals surface area (Å²) >= 11 is 0. The van der Waals surface area contributed by atoms with Gasteiger partial charge in [0.25, 0.3) is 5.91 Å². The van der Waals surface area contributed by atoms with Crippen LogP contribution in [0.25, 0.3) is 0 Å². The van der Waals surface area contributed by atoms with Gasteiger partial charge in [0.1, 0.15) is 0 Å². The molecule has 0 fully saturated rings. The lowest BCUT2D eigenvalue weighted by atomic mass is 10.1. The van der Waals surface area contributed by atoms with Crippen LogP contribution >= 0.6 is 0 Å². The highest BCUT2D eigenvalue weighted by molar-refractivity contribution is 7.92. The van der Waals surface area contributed by atoms with Crippen molar-refractivity contribution in [2.75, 3.05) is 23.9 Å². The average molecular weight is 425 g/mol. The van der Waals surface area contributed by atoms with E-state index in [2.05, 4.69) is 5.32 Å². The molecule has 152 valence electrons. The molecule has 0 unspecified atom stereocenters. The quantitative estimate of drug-likeness (QED) is 0.767. The number of carbonyl (C=O) groups excluding carboxylic acids is 1. The van der Waals surface area contributed by atoms with Gasteiger partial charge in [-0.15, -0.1) is 0 Å². The van der Waals surface area contributed by atoms with E-state index in [1.54, 1.807) is 44.2 Å². The van der Waals surface area contributed by atoms with Crippen LogP contribution in [0.15, 0.2) is 47.4 Å². The van der Waals surface area contributed by atoms with Gasteiger partial charge in [-0.2, -0.15) is 0 Å². The van der Waals surface area contributed by atoms with E-state index >= 15 is 0 Å². The maximum Gasteiger partial charge on any atom is 0.251 e. The van der Waals surface area contributed by atoms with Crippen LogP contribution < -0.4 is 9.62 Å². The summed E-state index contributed by atoms with van der Waals surface area (Å²) in [6, 6.07) is 10.8. The van der Waals surface area contributed by atoms with Gasteiger partial charge < -0.3 is 5.32 Å². The van der Waals surface area contributed by atoms with Crippen molar-refractivity contribution in [2.45, 2.75) is 24.8 Å². The summed E-state index contributed by atoms with van der Waals surface area (Å²) in [6.07, 6.45) is 2.25. The molecular weight excluding hydrogens is 400 g/mol. The number of aryl methyl sites for hydroxylation is 1. The van der Waals surface area contributed by atoms with Gasteiger partial charge in [0.05, 0.1) is 22.9 Å². The number of nitrogens with zero attached hydrogens (tertiary/aromatic N) is 1. The molecule has 2 rings (SSSR count). The predicted octanol–water partition coefficient (Wildman–Crippen LogP) is 2.29. The van der Waals surface area contributed by atoms with Gasteiger partial charge in [-0.05, 0) is 55.3 Å². The SMILES string of the molecule is Cc1cc(C(=O)N[C@H](C)c2ccc(S(C)(=O)=O)cc2)ccc1N(C)S(C)(=O)=O. The van der Waals surface area contributed by atoms with Crippen LogP contribution in [0.1, 0.15) is 34.5 Å². The lowest BCUT2D eigenvalue weighted by Gasteiger charge is -2.20. The summed E-state index contributed by atoms with van der Waals surface area (Å²) in [6.45, 7) is 3.53. The number of anilines is 1. The van der Waals surface area contributed by atoms with Crippen LogP contribution in [0.4, 0.5) is 5.69 Å². The van der Waals surface area contributed by atoms with Gasteiger partial charge in [-0.1, -0.05) is 12.1 Å². The Morgan fingerprint density at radius 3 is 2.04 bits per heavy atom. The molecule has 2 aromatic rings. The Hall–Kier alpha value is -2.39. The molecule has 0 heterocycles. The molecular formula is C19H24N2O5S2. The van der Waals surface area contributed by atoms with Gasteiger partial charge in [-0.3, -0.25) is 9.10 Å². The molecule has 28 heavy (non-hydrogen) atoms. The van der Waals surface area contributed by atoms with Crippen LogP contribution in [0.5, 0.6) is 0 Å². The third-order valence-electron chi connectivity index (χ3n) is 4.45. The molecule has 1 amide bonds. The van der Waals surface area contributed by atoms with E-state index in [9.17, 15) is 21.6 Å². The monoisotopic (exact) mass is 424 g/mol. The van der Waals surface area contributed by atoms with Crippen molar-refractivity contribution in [2.24, 2.45) is 0 Å². The van der Waals surface area contributed by atoms with Crippen molar-refractivity contribution in [1.82, 2.24) is 5.32 Å². The van der Waals surface area contributed by atoms with Crippen molar-refractivity contribution in [3.8, 4) is 0 Å². The van der Waals surface area contributed by atoms with E-state index in [0.717, 1.165) is 22.4 Å². The summed E-state index contributed by atoms with van der Waals surface area (Å²) in [5.41, 5.74) is 2.34. The minimum Gasteiger partial charge on any atom is -0.346 e. The van der Waals surface area contributed by atoms with Gasteiger partial charge in [0.2, 0.25) is 10.0 Å². The molecule has 9 heteroatoms. The molecule has 1 N–H and O–H groups in total. The standard InChI is InChI=1S/C19H24N2O5S2/c1-13-12-16(8-11-18(13)21(3)28(5,25)26)19(22)20-14(2)15-6-9-17(10-7-15)27(4,23)24/h6-12,14H,1-5H3,(H,20,22)/t14-/m1/s1. The molecule has 0 radical (unpaired) electrons. The first-order valence-corrected chi connectivity index (χ1v) is 12.2. The molecule has 0 aliphatic rings. The number of sulfonamides is 1. The molecule has 0 aromatic heterocycles. The normalized spacial score (nSPS) is 13.0. The van der Waals surface area contributed by atoms with Gasteiger partial charge in [-0.25, -0.2) is 16.8 Å². The number of hydrogen-bond donors (Lipinski definition) is 1. The Morgan fingerprint density at radius 1 is 1.00 bits per heavy atom.